The largest absolute Gasteiger partial charge is 0.493 e. The first-order valence-corrected chi connectivity index (χ1v) is 8.36. The van der Waals surface area contributed by atoms with Crippen molar-refractivity contribution in [2.75, 3.05) is 20.3 Å². The van der Waals surface area contributed by atoms with Gasteiger partial charge in [-0.2, -0.15) is 0 Å². The predicted octanol–water partition coefficient (Wildman–Crippen LogP) is 4.77. The van der Waals surface area contributed by atoms with Gasteiger partial charge in [-0.15, -0.1) is 0 Å². The van der Waals surface area contributed by atoms with Crippen molar-refractivity contribution in [2.24, 2.45) is 5.41 Å². The molecule has 0 bridgehead atoms. The number of halogens is 1. The van der Waals surface area contributed by atoms with Gasteiger partial charge in [-0.1, -0.05) is 27.7 Å². The molecule has 0 radical (unpaired) electrons. The van der Waals surface area contributed by atoms with Gasteiger partial charge < -0.3 is 14.8 Å². The molecule has 1 N–H and O–H groups in total. The Hall–Kier alpha value is -0.740. The summed E-state index contributed by atoms with van der Waals surface area (Å²) in [6.45, 7) is 11.4. The Labute approximate surface area is 137 Å². The Morgan fingerprint density at radius 3 is 2.52 bits per heavy atom. The second kappa shape index (κ2) is 8.64. The van der Waals surface area contributed by atoms with E-state index in [0.717, 1.165) is 41.9 Å². The molecule has 3 nitrogen and oxygen atoms in total. The van der Waals surface area contributed by atoms with Gasteiger partial charge in [0.1, 0.15) is 0 Å². The Bertz CT molecular complexity index is 441. The number of ether oxygens (including phenoxy) is 2. The molecular formula is C17H28BrNO2. The van der Waals surface area contributed by atoms with Gasteiger partial charge in [0.25, 0.3) is 0 Å². The van der Waals surface area contributed by atoms with Crippen molar-refractivity contribution in [3.05, 3.63) is 22.2 Å². The number of benzene rings is 1. The maximum Gasteiger partial charge on any atom is 0.175 e. The molecule has 1 rings (SSSR count). The molecule has 0 unspecified atom stereocenters. The highest BCUT2D eigenvalue weighted by Gasteiger charge is 2.12. The fraction of sp³-hybridized carbons (Fsp3) is 0.647. The smallest absolute Gasteiger partial charge is 0.175 e. The van der Waals surface area contributed by atoms with Gasteiger partial charge in [0.05, 0.1) is 18.2 Å². The molecule has 1 aromatic carbocycles. The number of hydrogen-bond acceptors (Lipinski definition) is 3. The topological polar surface area (TPSA) is 30.5 Å². The van der Waals surface area contributed by atoms with Crippen LogP contribution in [0, 0.1) is 5.41 Å². The average molecular weight is 358 g/mol. The van der Waals surface area contributed by atoms with Crippen molar-refractivity contribution >= 4 is 15.9 Å². The quantitative estimate of drug-likeness (QED) is 0.679. The van der Waals surface area contributed by atoms with Crippen molar-refractivity contribution in [3.8, 4) is 11.5 Å². The van der Waals surface area contributed by atoms with Crippen LogP contribution in [0.25, 0.3) is 0 Å². The molecule has 0 heterocycles. The molecule has 0 atom stereocenters. The molecule has 0 spiro atoms. The SMILES string of the molecule is CCCOc1c(Br)cc(CNCCC(C)(C)C)cc1OC. The third-order valence-corrected chi connectivity index (χ3v) is 3.71. The first kappa shape index (κ1) is 18.3. The van der Waals surface area contributed by atoms with E-state index in [1.54, 1.807) is 7.11 Å². The summed E-state index contributed by atoms with van der Waals surface area (Å²) in [7, 11) is 1.68. The Morgan fingerprint density at radius 1 is 1.24 bits per heavy atom. The summed E-state index contributed by atoms with van der Waals surface area (Å²) in [5.74, 6) is 1.57. The Kier molecular flexibility index (Phi) is 7.53. The lowest BCUT2D eigenvalue weighted by molar-refractivity contribution is 0.292. The maximum absolute atomic E-state index is 5.74. The Morgan fingerprint density at radius 2 is 1.95 bits per heavy atom. The van der Waals surface area contributed by atoms with E-state index in [1.165, 1.54) is 5.56 Å². The standard InChI is InChI=1S/C17H28BrNO2/c1-6-9-21-16-14(18)10-13(11-15(16)20-5)12-19-8-7-17(2,3)4/h10-11,19H,6-9,12H2,1-5H3. The molecule has 0 fully saturated rings. The van der Waals surface area contributed by atoms with Crippen molar-refractivity contribution in [1.82, 2.24) is 5.32 Å². The van der Waals surface area contributed by atoms with Crippen LogP contribution in [0.5, 0.6) is 11.5 Å². The van der Waals surface area contributed by atoms with Crippen LogP contribution < -0.4 is 14.8 Å². The molecule has 0 aliphatic carbocycles. The molecule has 0 saturated carbocycles. The lowest BCUT2D eigenvalue weighted by Gasteiger charge is -2.18. The highest BCUT2D eigenvalue weighted by atomic mass is 79.9. The second-order valence-corrected chi connectivity index (χ2v) is 7.30. The molecular weight excluding hydrogens is 330 g/mol. The lowest BCUT2D eigenvalue weighted by Crippen LogP contribution is -2.20. The minimum absolute atomic E-state index is 0.364. The summed E-state index contributed by atoms with van der Waals surface area (Å²) >= 11 is 3.58. The summed E-state index contributed by atoms with van der Waals surface area (Å²) in [6.07, 6.45) is 2.13. The zero-order valence-electron chi connectivity index (χ0n) is 13.9. The van der Waals surface area contributed by atoms with Gasteiger partial charge in [-0.05, 0) is 58.4 Å². The van der Waals surface area contributed by atoms with Crippen LogP contribution in [0.3, 0.4) is 0 Å². The third kappa shape index (κ3) is 6.70. The van der Waals surface area contributed by atoms with E-state index in [4.69, 9.17) is 9.47 Å². The van der Waals surface area contributed by atoms with E-state index < -0.39 is 0 Å². The van der Waals surface area contributed by atoms with E-state index in [0.29, 0.717) is 12.0 Å². The van der Waals surface area contributed by atoms with Gasteiger partial charge in [-0.3, -0.25) is 0 Å². The summed E-state index contributed by atoms with van der Waals surface area (Å²) in [5.41, 5.74) is 1.56. The molecule has 120 valence electrons. The number of methoxy groups -OCH3 is 1. The number of rotatable bonds is 8. The minimum Gasteiger partial charge on any atom is -0.493 e. The molecule has 0 saturated heterocycles. The van der Waals surface area contributed by atoms with E-state index in [-0.39, 0.29) is 0 Å². The van der Waals surface area contributed by atoms with Gasteiger partial charge in [0.2, 0.25) is 0 Å². The van der Waals surface area contributed by atoms with Crippen LogP contribution in [0.4, 0.5) is 0 Å². The van der Waals surface area contributed by atoms with Gasteiger partial charge in [0.15, 0.2) is 11.5 Å². The summed E-state index contributed by atoms with van der Waals surface area (Å²) in [4.78, 5) is 0. The van der Waals surface area contributed by atoms with Crippen LogP contribution in [-0.4, -0.2) is 20.3 Å². The van der Waals surface area contributed by atoms with Gasteiger partial charge in [0, 0.05) is 6.54 Å². The average Bonchev–Trinajstić information content (AvgIpc) is 2.41. The number of nitrogens with one attached hydrogen (secondary N) is 1. The predicted molar refractivity (Wildman–Crippen MR) is 92.3 cm³/mol. The molecule has 4 heteroatoms. The highest BCUT2D eigenvalue weighted by molar-refractivity contribution is 9.10. The van der Waals surface area contributed by atoms with E-state index in [1.807, 2.05) is 6.07 Å². The van der Waals surface area contributed by atoms with Gasteiger partial charge in [-0.25, -0.2) is 0 Å². The van der Waals surface area contributed by atoms with Crippen LogP contribution in [-0.2, 0) is 6.54 Å². The lowest BCUT2D eigenvalue weighted by atomic mass is 9.92. The molecule has 0 amide bonds. The van der Waals surface area contributed by atoms with E-state index in [2.05, 4.69) is 55.0 Å². The van der Waals surface area contributed by atoms with Crippen LogP contribution in [0.1, 0.15) is 46.1 Å². The van der Waals surface area contributed by atoms with Crippen LogP contribution in [0.15, 0.2) is 16.6 Å². The third-order valence-electron chi connectivity index (χ3n) is 3.12. The molecule has 1 aromatic rings. The fourth-order valence-electron chi connectivity index (χ4n) is 1.92. The van der Waals surface area contributed by atoms with Crippen LogP contribution >= 0.6 is 15.9 Å². The van der Waals surface area contributed by atoms with E-state index >= 15 is 0 Å². The fourth-order valence-corrected chi connectivity index (χ4v) is 2.52. The van der Waals surface area contributed by atoms with Crippen molar-refractivity contribution in [2.45, 2.75) is 47.1 Å². The second-order valence-electron chi connectivity index (χ2n) is 6.44. The first-order chi connectivity index (χ1) is 9.87. The summed E-state index contributed by atoms with van der Waals surface area (Å²) in [6, 6.07) is 4.14. The highest BCUT2D eigenvalue weighted by Crippen LogP contribution is 2.36. The zero-order chi connectivity index (χ0) is 15.9. The molecule has 0 aromatic heterocycles. The first-order valence-electron chi connectivity index (χ1n) is 7.57. The van der Waals surface area contributed by atoms with Gasteiger partial charge >= 0.3 is 0 Å². The van der Waals surface area contributed by atoms with Crippen LogP contribution in [0.2, 0.25) is 0 Å². The zero-order valence-corrected chi connectivity index (χ0v) is 15.5. The van der Waals surface area contributed by atoms with Crippen molar-refractivity contribution < 1.29 is 9.47 Å². The normalized spacial score (nSPS) is 11.5. The summed E-state index contributed by atoms with van der Waals surface area (Å²) < 4.78 is 12.1. The molecule has 21 heavy (non-hydrogen) atoms. The van der Waals surface area contributed by atoms with E-state index in [9.17, 15) is 0 Å². The van der Waals surface area contributed by atoms with Crippen molar-refractivity contribution in [1.29, 1.82) is 0 Å². The van der Waals surface area contributed by atoms with Crippen molar-refractivity contribution in [3.63, 3.8) is 0 Å². The maximum atomic E-state index is 5.74. The minimum atomic E-state index is 0.364. The number of hydrogen-bond donors (Lipinski definition) is 1. The molecule has 0 aliphatic rings. The monoisotopic (exact) mass is 357 g/mol. The Balaban J connectivity index is 2.65. The molecule has 0 aliphatic heterocycles. The summed E-state index contributed by atoms with van der Waals surface area (Å²) in [5, 5.41) is 3.48.